The number of rotatable bonds is 8. The van der Waals surface area contributed by atoms with E-state index in [1.54, 1.807) is 6.92 Å². The van der Waals surface area contributed by atoms with Crippen molar-refractivity contribution in [3.63, 3.8) is 0 Å². The fourth-order valence-corrected chi connectivity index (χ4v) is 2.52. The molecular weight excluding hydrogens is 548 g/mol. The van der Waals surface area contributed by atoms with E-state index in [1.807, 2.05) is 109 Å². The molecule has 0 unspecified atom stereocenters. The predicted octanol–water partition coefficient (Wildman–Crippen LogP) is 6.55. The number of carbonyl (C=O) groups is 2. The Morgan fingerprint density at radius 2 is 1.19 bits per heavy atom. The molecular formula is C31H34Fe2O4. The van der Waals surface area contributed by atoms with Gasteiger partial charge in [-0.2, -0.15) is 71.8 Å². The second-order valence-corrected chi connectivity index (χ2v) is 7.30. The number of hydrogen-bond donors (Lipinski definition) is 0. The Morgan fingerprint density at radius 1 is 0.757 bits per heavy atom. The van der Waals surface area contributed by atoms with Crippen molar-refractivity contribution in [2.45, 2.75) is 19.8 Å². The molecule has 0 heterocycles. The van der Waals surface area contributed by atoms with Crippen molar-refractivity contribution in [3.8, 4) is 0 Å². The number of ether oxygens (including phenoxy) is 2. The van der Waals surface area contributed by atoms with E-state index in [0.717, 1.165) is 12.8 Å². The summed E-state index contributed by atoms with van der Waals surface area (Å²) < 4.78 is 9.75. The van der Waals surface area contributed by atoms with Gasteiger partial charge in [-0.25, -0.2) is 58.1 Å². The summed E-state index contributed by atoms with van der Waals surface area (Å²) in [6, 6.07) is 35.9. The average molecular weight is 582 g/mol. The molecule has 0 N–H and O–H groups in total. The maximum Gasteiger partial charge on any atom is 2.00 e. The van der Waals surface area contributed by atoms with E-state index in [4.69, 9.17) is 9.47 Å². The van der Waals surface area contributed by atoms with Gasteiger partial charge in [0.15, 0.2) is 0 Å². The second kappa shape index (κ2) is 24.5. The average Bonchev–Trinajstić information content (AvgIpc) is 3.70. The summed E-state index contributed by atoms with van der Waals surface area (Å²) in [6.45, 7) is 9.29. The van der Waals surface area contributed by atoms with Crippen LogP contribution in [0.15, 0.2) is 134 Å². The summed E-state index contributed by atoms with van der Waals surface area (Å²) in [4.78, 5) is 21.5. The summed E-state index contributed by atoms with van der Waals surface area (Å²) in [7, 11) is 0. The molecule has 0 aliphatic rings. The van der Waals surface area contributed by atoms with E-state index in [9.17, 15) is 9.59 Å². The Labute approximate surface area is 242 Å². The summed E-state index contributed by atoms with van der Waals surface area (Å²) in [5.41, 5.74) is 2.82. The molecule has 4 nitrogen and oxygen atoms in total. The first-order valence-corrected chi connectivity index (χ1v) is 11.4. The topological polar surface area (TPSA) is 52.6 Å². The zero-order valence-electron chi connectivity index (χ0n) is 21.1. The monoisotopic (exact) mass is 582 g/mol. The van der Waals surface area contributed by atoms with Crippen LogP contribution in [-0.4, -0.2) is 25.2 Å². The Morgan fingerprint density at radius 3 is 1.49 bits per heavy atom. The van der Waals surface area contributed by atoms with Gasteiger partial charge in [-0.05, 0) is 19.8 Å². The third-order valence-corrected chi connectivity index (χ3v) is 4.35. The molecule has 0 saturated carbocycles. The van der Waals surface area contributed by atoms with Gasteiger partial charge in [0.25, 0.3) is 0 Å². The van der Waals surface area contributed by atoms with Crippen molar-refractivity contribution in [1.82, 2.24) is 0 Å². The molecule has 0 aromatic heterocycles. The molecule has 0 aliphatic carbocycles. The second-order valence-electron chi connectivity index (χ2n) is 7.30. The van der Waals surface area contributed by atoms with Gasteiger partial charge >= 0.3 is 46.1 Å². The SMILES string of the molecule is C=C(C)C(=O)OCCc1ccc[cH-]1.C=CC(=O)OCCc1ccc[cH-]1.[Fe+2].[Fe+2].c1cc[cH-]c1.c1cc[cH-]c1. The molecule has 0 atom stereocenters. The van der Waals surface area contributed by atoms with Crippen LogP contribution in [0.2, 0.25) is 0 Å². The van der Waals surface area contributed by atoms with Crippen LogP contribution in [0.4, 0.5) is 0 Å². The molecule has 0 fully saturated rings. The zero-order valence-corrected chi connectivity index (χ0v) is 23.3. The Balaban J connectivity index is 0. The van der Waals surface area contributed by atoms with Crippen LogP contribution in [0.5, 0.6) is 0 Å². The molecule has 6 heteroatoms. The minimum absolute atomic E-state index is 0. The molecule has 4 rings (SSSR count). The van der Waals surface area contributed by atoms with Crippen molar-refractivity contribution in [1.29, 1.82) is 0 Å². The predicted molar refractivity (Wildman–Crippen MR) is 142 cm³/mol. The first-order valence-electron chi connectivity index (χ1n) is 11.4. The van der Waals surface area contributed by atoms with Gasteiger partial charge < -0.3 is 9.47 Å². The van der Waals surface area contributed by atoms with Crippen LogP contribution in [0.1, 0.15) is 18.1 Å². The van der Waals surface area contributed by atoms with Crippen LogP contribution < -0.4 is 0 Å². The van der Waals surface area contributed by atoms with Crippen molar-refractivity contribution in [3.05, 3.63) is 145 Å². The molecule has 0 radical (unpaired) electrons. The van der Waals surface area contributed by atoms with Gasteiger partial charge in [0.05, 0.1) is 13.2 Å². The molecule has 0 spiro atoms. The van der Waals surface area contributed by atoms with E-state index in [2.05, 4.69) is 13.2 Å². The zero-order chi connectivity index (χ0) is 25.6. The van der Waals surface area contributed by atoms with Crippen LogP contribution in [0, 0.1) is 0 Å². The maximum absolute atomic E-state index is 10.9. The Hall–Kier alpha value is -3.14. The van der Waals surface area contributed by atoms with Crippen molar-refractivity contribution in [2.24, 2.45) is 0 Å². The fourth-order valence-electron chi connectivity index (χ4n) is 2.52. The smallest absolute Gasteiger partial charge is 0.462 e. The largest absolute Gasteiger partial charge is 2.00 e. The molecule has 4 aromatic carbocycles. The van der Waals surface area contributed by atoms with Crippen molar-refractivity contribution < 1.29 is 53.2 Å². The molecule has 198 valence electrons. The van der Waals surface area contributed by atoms with Gasteiger partial charge in [0.1, 0.15) is 0 Å². The van der Waals surface area contributed by atoms with Gasteiger partial charge in [-0.1, -0.05) is 13.2 Å². The molecule has 0 saturated heterocycles. The third-order valence-electron chi connectivity index (χ3n) is 4.35. The normalized spacial score (nSPS) is 8.57. The van der Waals surface area contributed by atoms with Gasteiger partial charge in [-0.3, -0.25) is 0 Å². The third kappa shape index (κ3) is 20.7. The minimum Gasteiger partial charge on any atom is -0.462 e. The quantitative estimate of drug-likeness (QED) is 0.102. The molecule has 0 amide bonds. The molecule has 0 aliphatic heterocycles. The summed E-state index contributed by atoms with van der Waals surface area (Å²) in [6.07, 6.45) is 2.71. The minimum atomic E-state index is -0.360. The summed E-state index contributed by atoms with van der Waals surface area (Å²) in [5, 5.41) is 0. The number of hydrogen-bond acceptors (Lipinski definition) is 4. The van der Waals surface area contributed by atoms with E-state index < -0.39 is 0 Å². The Bertz CT molecular complexity index is 953. The summed E-state index contributed by atoms with van der Waals surface area (Å²) in [5.74, 6) is -0.673. The van der Waals surface area contributed by atoms with E-state index >= 15 is 0 Å². The van der Waals surface area contributed by atoms with Crippen LogP contribution in [-0.2, 0) is 66.0 Å². The van der Waals surface area contributed by atoms with Crippen LogP contribution >= 0.6 is 0 Å². The summed E-state index contributed by atoms with van der Waals surface area (Å²) >= 11 is 0. The van der Waals surface area contributed by atoms with E-state index in [0.29, 0.717) is 18.8 Å². The van der Waals surface area contributed by atoms with Gasteiger partial charge in [0.2, 0.25) is 0 Å². The number of carbonyl (C=O) groups excluding carboxylic acids is 2. The molecule has 0 bridgehead atoms. The fraction of sp³-hybridized carbons (Fsp3) is 0.161. The van der Waals surface area contributed by atoms with Crippen LogP contribution in [0.3, 0.4) is 0 Å². The van der Waals surface area contributed by atoms with Crippen LogP contribution in [0.25, 0.3) is 0 Å². The van der Waals surface area contributed by atoms with Crippen molar-refractivity contribution in [2.75, 3.05) is 13.2 Å². The number of esters is 2. The first-order chi connectivity index (χ1) is 17.0. The maximum atomic E-state index is 10.9. The van der Waals surface area contributed by atoms with E-state index in [-0.39, 0.29) is 46.1 Å². The van der Waals surface area contributed by atoms with Gasteiger partial charge in [0, 0.05) is 11.6 Å². The van der Waals surface area contributed by atoms with Crippen molar-refractivity contribution >= 4 is 11.9 Å². The Kier molecular flexibility index (Phi) is 23.9. The first kappa shape index (κ1) is 36.0. The molecule has 4 aromatic rings. The molecule has 37 heavy (non-hydrogen) atoms. The standard InChI is InChI=1S/C11H13O2.C10H11O2.2C5H5.2Fe/c1-9(2)11(12)13-8-7-10-5-3-4-6-10;1-2-10(11)12-8-7-9-5-3-4-6-9;2*1-2-4-5-3-1;;/h3-6H,1,7-8H2,2H3;2-6H,1,7-8H2;2*1-5H;;/q4*-1;2*+2. The van der Waals surface area contributed by atoms with E-state index in [1.165, 1.54) is 17.2 Å². The van der Waals surface area contributed by atoms with Gasteiger partial charge in [-0.15, -0.1) is 0 Å².